The molecule has 1 atom stereocenters. The van der Waals surface area contributed by atoms with Gasteiger partial charge in [-0.05, 0) is 31.9 Å². The summed E-state index contributed by atoms with van der Waals surface area (Å²) in [4.78, 5) is 2.71. The number of nitrogens with two attached hydrogens (primary N) is 1. The van der Waals surface area contributed by atoms with Gasteiger partial charge in [0.05, 0.1) is 0 Å². The van der Waals surface area contributed by atoms with Gasteiger partial charge in [-0.1, -0.05) is 6.92 Å². The van der Waals surface area contributed by atoms with E-state index in [0.29, 0.717) is 0 Å². The SMILES string of the molecule is CCC(N)c1sc(C)cc1C. The van der Waals surface area contributed by atoms with Crippen molar-refractivity contribution in [1.29, 1.82) is 0 Å². The predicted octanol–water partition coefficient (Wildman–Crippen LogP) is 2.77. The molecule has 0 radical (unpaired) electrons. The maximum Gasteiger partial charge on any atom is 0.0389 e. The number of aryl methyl sites for hydroxylation is 2. The molecule has 0 aliphatic heterocycles. The Hall–Kier alpha value is -0.340. The average molecular weight is 169 g/mol. The first kappa shape index (κ1) is 8.75. The Labute approximate surface area is 72.2 Å². The first-order valence-corrected chi connectivity index (χ1v) is 4.79. The van der Waals surface area contributed by atoms with Crippen LogP contribution in [0, 0.1) is 13.8 Å². The number of rotatable bonds is 2. The third-order valence-electron chi connectivity index (χ3n) is 1.86. The molecule has 1 aromatic heterocycles. The van der Waals surface area contributed by atoms with Crippen molar-refractivity contribution in [2.45, 2.75) is 33.2 Å². The van der Waals surface area contributed by atoms with Gasteiger partial charge in [-0.15, -0.1) is 11.3 Å². The van der Waals surface area contributed by atoms with Crippen LogP contribution >= 0.6 is 11.3 Å². The molecule has 0 spiro atoms. The number of thiophene rings is 1. The van der Waals surface area contributed by atoms with Crippen LogP contribution in [0.5, 0.6) is 0 Å². The lowest BCUT2D eigenvalue weighted by Crippen LogP contribution is -2.07. The van der Waals surface area contributed by atoms with E-state index in [-0.39, 0.29) is 6.04 Å². The smallest absolute Gasteiger partial charge is 0.0389 e. The molecule has 2 heteroatoms. The Morgan fingerprint density at radius 1 is 1.55 bits per heavy atom. The van der Waals surface area contributed by atoms with E-state index < -0.39 is 0 Å². The highest BCUT2D eigenvalue weighted by Crippen LogP contribution is 2.27. The molecule has 1 heterocycles. The van der Waals surface area contributed by atoms with E-state index in [0.717, 1.165) is 6.42 Å². The molecule has 1 rings (SSSR count). The molecule has 0 amide bonds. The van der Waals surface area contributed by atoms with Crippen molar-refractivity contribution in [2.75, 3.05) is 0 Å². The van der Waals surface area contributed by atoms with Crippen LogP contribution < -0.4 is 5.73 Å². The molecule has 11 heavy (non-hydrogen) atoms. The zero-order chi connectivity index (χ0) is 8.43. The highest BCUT2D eigenvalue weighted by atomic mass is 32.1. The fraction of sp³-hybridized carbons (Fsp3) is 0.556. The van der Waals surface area contributed by atoms with Gasteiger partial charge in [-0.2, -0.15) is 0 Å². The van der Waals surface area contributed by atoms with Gasteiger partial charge < -0.3 is 5.73 Å². The summed E-state index contributed by atoms with van der Waals surface area (Å²) in [5.41, 5.74) is 7.27. The molecule has 0 fully saturated rings. The monoisotopic (exact) mass is 169 g/mol. The highest BCUT2D eigenvalue weighted by molar-refractivity contribution is 7.12. The van der Waals surface area contributed by atoms with Crippen molar-refractivity contribution in [3.63, 3.8) is 0 Å². The van der Waals surface area contributed by atoms with E-state index >= 15 is 0 Å². The molecular weight excluding hydrogens is 154 g/mol. The summed E-state index contributed by atoms with van der Waals surface area (Å²) in [5, 5.41) is 0. The molecule has 2 N–H and O–H groups in total. The average Bonchev–Trinajstić information content (AvgIpc) is 2.28. The fourth-order valence-corrected chi connectivity index (χ4v) is 2.33. The van der Waals surface area contributed by atoms with Gasteiger partial charge in [-0.3, -0.25) is 0 Å². The van der Waals surface area contributed by atoms with Crippen LogP contribution in [0.3, 0.4) is 0 Å². The standard InChI is InChI=1S/C9H15NS/c1-4-8(10)9-6(2)5-7(3)11-9/h5,8H,4,10H2,1-3H3. The van der Waals surface area contributed by atoms with Gasteiger partial charge in [0.1, 0.15) is 0 Å². The molecule has 0 aliphatic rings. The minimum atomic E-state index is 0.244. The lowest BCUT2D eigenvalue weighted by atomic mass is 10.1. The zero-order valence-electron chi connectivity index (χ0n) is 7.35. The third kappa shape index (κ3) is 1.82. The van der Waals surface area contributed by atoms with E-state index in [1.165, 1.54) is 15.3 Å². The minimum absolute atomic E-state index is 0.244. The Morgan fingerprint density at radius 3 is 2.55 bits per heavy atom. The van der Waals surface area contributed by atoms with Crippen molar-refractivity contribution < 1.29 is 0 Å². The van der Waals surface area contributed by atoms with E-state index in [1.54, 1.807) is 0 Å². The van der Waals surface area contributed by atoms with Crippen molar-refractivity contribution in [1.82, 2.24) is 0 Å². The fourth-order valence-electron chi connectivity index (χ4n) is 1.21. The second-order valence-electron chi connectivity index (χ2n) is 2.92. The first-order chi connectivity index (χ1) is 5.15. The molecular formula is C9H15NS. The van der Waals surface area contributed by atoms with E-state index in [4.69, 9.17) is 5.73 Å². The van der Waals surface area contributed by atoms with Crippen LogP contribution in [0.25, 0.3) is 0 Å². The Kier molecular flexibility index (Phi) is 2.68. The van der Waals surface area contributed by atoms with E-state index in [1.807, 2.05) is 11.3 Å². The minimum Gasteiger partial charge on any atom is -0.323 e. The maximum atomic E-state index is 5.92. The molecule has 62 valence electrons. The lowest BCUT2D eigenvalue weighted by Gasteiger charge is -2.06. The summed E-state index contributed by atoms with van der Waals surface area (Å²) >= 11 is 1.82. The topological polar surface area (TPSA) is 26.0 Å². The zero-order valence-corrected chi connectivity index (χ0v) is 8.16. The Balaban J connectivity index is 2.93. The van der Waals surface area contributed by atoms with Crippen molar-refractivity contribution in [3.05, 3.63) is 21.4 Å². The third-order valence-corrected chi connectivity index (χ3v) is 3.14. The number of hydrogen-bond acceptors (Lipinski definition) is 2. The van der Waals surface area contributed by atoms with Crippen LogP contribution in [-0.4, -0.2) is 0 Å². The number of hydrogen-bond donors (Lipinski definition) is 1. The Bertz CT molecular complexity index is 240. The maximum absolute atomic E-state index is 5.92. The molecule has 0 aliphatic carbocycles. The van der Waals surface area contributed by atoms with Crippen LogP contribution in [0.4, 0.5) is 0 Å². The van der Waals surface area contributed by atoms with Crippen LogP contribution in [0.15, 0.2) is 6.07 Å². The van der Waals surface area contributed by atoms with Gasteiger partial charge in [0.2, 0.25) is 0 Å². The van der Waals surface area contributed by atoms with Gasteiger partial charge in [-0.25, -0.2) is 0 Å². The summed E-state index contributed by atoms with van der Waals surface area (Å²) in [5.74, 6) is 0. The van der Waals surface area contributed by atoms with Crippen LogP contribution in [0.2, 0.25) is 0 Å². The second kappa shape index (κ2) is 3.37. The predicted molar refractivity (Wildman–Crippen MR) is 51.0 cm³/mol. The van der Waals surface area contributed by atoms with Gasteiger partial charge >= 0.3 is 0 Å². The van der Waals surface area contributed by atoms with Crippen molar-refractivity contribution in [2.24, 2.45) is 5.73 Å². The normalized spacial score (nSPS) is 13.5. The largest absolute Gasteiger partial charge is 0.323 e. The van der Waals surface area contributed by atoms with Crippen LogP contribution in [-0.2, 0) is 0 Å². The van der Waals surface area contributed by atoms with Gasteiger partial charge in [0, 0.05) is 15.8 Å². The summed E-state index contributed by atoms with van der Waals surface area (Å²) in [7, 11) is 0. The molecule has 1 aromatic rings. The van der Waals surface area contributed by atoms with Crippen LogP contribution in [0.1, 0.15) is 34.7 Å². The summed E-state index contributed by atoms with van der Waals surface area (Å²) in [6, 6.07) is 2.45. The summed E-state index contributed by atoms with van der Waals surface area (Å²) in [6.45, 7) is 6.39. The highest BCUT2D eigenvalue weighted by Gasteiger charge is 2.08. The molecule has 1 unspecified atom stereocenters. The molecule has 0 saturated carbocycles. The molecule has 0 bridgehead atoms. The van der Waals surface area contributed by atoms with Gasteiger partial charge in [0.25, 0.3) is 0 Å². The quantitative estimate of drug-likeness (QED) is 0.724. The summed E-state index contributed by atoms with van der Waals surface area (Å²) < 4.78 is 0. The van der Waals surface area contributed by atoms with Crippen molar-refractivity contribution >= 4 is 11.3 Å². The second-order valence-corrected chi connectivity index (χ2v) is 4.21. The molecule has 0 aromatic carbocycles. The summed E-state index contributed by atoms with van der Waals surface area (Å²) in [6.07, 6.45) is 1.03. The van der Waals surface area contributed by atoms with E-state index in [9.17, 15) is 0 Å². The lowest BCUT2D eigenvalue weighted by molar-refractivity contribution is 0.708. The first-order valence-electron chi connectivity index (χ1n) is 3.97. The molecule has 1 nitrogen and oxygen atoms in total. The molecule has 0 saturated heterocycles. The van der Waals surface area contributed by atoms with E-state index in [2.05, 4.69) is 26.8 Å². The van der Waals surface area contributed by atoms with Crippen molar-refractivity contribution in [3.8, 4) is 0 Å². The Morgan fingerprint density at radius 2 is 2.18 bits per heavy atom. The van der Waals surface area contributed by atoms with Gasteiger partial charge in [0.15, 0.2) is 0 Å².